The fourth-order valence-corrected chi connectivity index (χ4v) is 2.50. The third kappa shape index (κ3) is 2.20. The predicted octanol–water partition coefficient (Wildman–Crippen LogP) is 3.00. The molecule has 0 amide bonds. The summed E-state index contributed by atoms with van der Waals surface area (Å²) in [5.74, 6) is 2.84. The highest BCUT2D eigenvalue weighted by molar-refractivity contribution is 5.24. The lowest BCUT2D eigenvalue weighted by Crippen LogP contribution is -2.24. The Labute approximate surface area is 106 Å². The summed E-state index contributed by atoms with van der Waals surface area (Å²) in [4.78, 5) is 4.26. The average Bonchev–Trinajstić information content (AvgIpc) is 3.05. The molecule has 4 heteroatoms. The molecule has 1 atom stereocenters. The van der Waals surface area contributed by atoms with E-state index in [-0.39, 0.29) is 0 Å². The van der Waals surface area contributed by atoms with Crippen LogP contribution in [0.3, 0.4) is 0 Å². The first kappa shape index (κ1) is 11.5. The summed E-state index contributed by atoms with van der Waals surface area (Å²) in [5.41, 5.74) is 1.29. The SMILES string of the molecule is CCc1cnc(CNC2CCCc3occc32)o1. The van der Waals surface area contributed by atoms with E-state index in [1.807, 2.05) is 0 Å². The van der Waals surface area contributed by atoms with E-state index in [2.05, 4.69) is 23.3 Å². The number of aryl methyl sites for hydroxylation is 2. The average molecular weight is 246 g/mol. The van der Waals surface area contributed by atoms with Crippen LogP contribution in [-0.4, -0.2) is 4.98 Å². The van der Waals surface area contributed by atoms with Crippen LogP contribution >= 0.6 is 0 Å². The highest BCUT2D eigenvalue weighted by Crippen LogP contribution is 2.30. The van der Waals surface area contributed by atoms with Crippen molar-refractivity contribution < 1.29 is 8.83 Å². The van der Waals surface area contributed by atoms with E-state index in [0.29, 0.717) is 12.6 Å². The molecule has 0 saturated heterocycles. The first-order valence-corrected chi connectivity index (χ1v) is 6.60. The summed E-state index contributed by atoms with van der Waals surface area (Å²) in [6.45, 7) is 2.74. The van der Waals surface area contributed by atoms with Crippen molar-refractivity contribution in [3.05, 3.63) is 41.5 Å². The summed E-state index contributed by atoms with van der Waals surface area (Å²) < 4.78 is 11.1. The van der Waals surface area contributed by atoms with E-state index in [1.54, 1.807) is 12.5 Å². The maximum absolute atomic E-state index is 5.60. The van der Waals surface area contributed by atoms with Crippen LogP contribution in [-0.2, 0) is 19.4 Å². The molecule has 96 valence electrons. The van der Waals surface area contributed by atoms with E-state index in [0.717, 1.165) is 36.7 Å². The van der Waals surface area contributed by atoms with Gasteiger partial charge in [0.25, 0.3) is 0 Å². The van der Waals surface area contributed by atoms with Gasteiger partial charge in [-0.25, -0.2) is 4.98 Å². The maximum Gasteiger partial charge on any atom is 0.208 e. The van der Waals surface area contributed by atoms with Gasteiger partial charge in [0.05, 0.1) is 19.0 Å². The number of fused-ring (bicyclic) bond motifs is 1. The molecule has 2 heterocycles. The molecule has 3 rings (SSSR count). The first-order chi connectivity index (χ1) is 8.86. The Balaban J connectivity index is 1.64. The Morgan fingerprint density at radius 2 is 2.44 bits per heavy atom. The van der Waals surface area contributed by atoms with Gasteiger partial charge in [-0.15, -0.1) is 0 Å². The molecule has 0 fully saturated rings. The molecule has 2 aromatic rings. The Kier molecular flexibility index (Phi) is 3.19. The number of oxazole rings is 1. The summed E-state index contributed by atoms with van der Waals surface area (Å²) in [6, 6.07) is 2.43. The van der Waals surface area contributed by atoms with Gasteiger partial charge in [0.15, 0.2) is 0 Å². The largest absolute Gasteiger partial charge is 0.469 e. The molecule has 0 aliphatic heterocycles. The van der Waals surface area contributed by atoms with Gasteiger partial charge in [0, 0.05) is 24.4 Å². The zero-order valence-corrected chi connectivity index (χ0v) is 10.6. The normalized spacial score (nSPS) is 18.8. The lowest BCUT2D eigenvalue weighted by Gasteiger charge is -2.22. The Morgan fingerprint density at radius 1 is 1.50 bits per heavy atom. The second-order valence-electron chi connectivity index (χ2n) is 4.70. The van der Waals surface area contributed by atoms with Gasteiger partial charge in [-0.2, -0.15) is 0 Å². The fraction of sp³-hybridized carbons (Fsp3) is 0.500. The van der Waals surface area contributed by atoms with Gasteiger partial charge < -0.3 is 14.2 Å². The van der Waals surface area contributed by atoms with Gasteiger partial charge in [0.2, 0.25) is 5.89 Å². The summed E-state index contributed by atoms with van der Waals surface area (Å²) in [5, 5.41) is 3.50. The van der Waals surface area contributed by atoms with E-state index in [1.165, 1.54) is 12.0 Å². The Hall–Kier alpha value is -1.55. The minimum atomic E-state index is 0.365. The van der Waals surface area contributed by atoms with Crippen LogP contribution in [0.1, 0.15) is 48.8 Å². The van der Waals surface area contributed by atoms with Crippen molar-refractivity contribution in [3.8, 4) is 0 Å². The molecule has 1 aliphatic rings. The van der Waals surface area contributed by atoms with Crippen LogP contribution in [0.2, 0.25) is 0 Å². The minimum Gasteiger partial charge on any atom is -0.469 e. The van der Waals surface area contributed by atoms with Crippen molar-refractivity contribution in [3.63, 3.8) is 0 Å². The van der Waals surface area contributed by atoms with Gasteiger partial charge in [0.1, 0.15) is 11.5 Å². The molecule has 2 aromatic heterocycles. The molecule has 1 aliphatic carbocycles. The summed E-state index contributed by atoms with van der Waals surface area (Å²) in [7, 11) is 0. The fourth-order valence-electron chi connectivity index (χ4n) is 2.50. The third-order valence-corrected chi connectivity index (χ3v) is 3.50. The van der Waals surface area contributed by atoms with E-state index < -0.39 is 0 Å². The second-order valence-corrected chi connectivity index (χ2v) is 4.70. The van der Waals surface area contributed by atoms with Crippen LogP contribution < -0.4 is 5.32 Å². The molecular formula is C14H18N2O2. The predicted molar refractivity (Wildman–Crippen MR) is 67.1 cm³/mol. The number of hydrogen-bond acceptors (Lipinski definition) is 4. The van der Waals surface area contributed by atoms with Gasteiger partial charge in [-0.1, -0.05) is 6.92 Å². The van der Waals surface area contributed by atoms with E-state index >= 15 is 0 Å². The van der Waals surface area contributed by atoms with Crippen LogP contribution in [0.25, 0.3) is 0 Å². The first-order valence-electron chi connectivity index (χ1n) is 6.60. The molecule has 0 aromatic carbocycles. The minimum absolute atomic E-state index is 0.365. The topological polar surface area (TPSA) is 51.2 Å². The number of rotatable bonds is 4. The lowest BCUT2D eigenvalue weighted by molar-refractivity contribution is 0.379. The van der Waals surface area contributed by atoms with E-state index in [4.69, 9.17) is 8.83 Å². The maximum atomic E-state index is 5.60. The van der Waals surface area contributed by atoms with Crippen molar-refractivity contribution >= 4 is 0 Å². The molecule has 0 spiro atoms. The Morgan fingerprint density at radius 3 is 3.28 bits per heavy atom. The zero-order valence-electron chi connectivity index (χ0n) is 10.6. The number of hydrogen-bond donors (Lipinski definition) is 1. The molecule has 0 radical (unpaired) electrons. The van der Waals surface area contributed by atoms with Crippen LogP contribution in [0.4, 0.5) is 0 Å². The molecule has 1 N–H and O–H groups in total. The highest BCUT2D eigenvalue weighted by atomic mass is 16.4. The molecule has 0 saturated carbocycles. The van der Waals surface area contributed by atoms with Crippen LogP contribution in [0, 0.1) is 0 Å². The van der Waals surface area contributed by atoms with Gasteiger partial charge in [-0.05, 0) is 18.9 Å². The number of aromatic nitrogens is 1. The Bertz CT molecular complexity index is 515. The number of nitrogens with one attached hydrogen (secondary N) is 1. The summed E-state index contributed by atoms with van der Waals surface area (Å²) >= 11 is 0. The van der Waals surface area contributed by atoms with Crippen molar-refractivity contribution in [2.75, 3.05) is 0 Å². The van der Waals surface area contributed by atoms with Crippen LogP contribution in [0.15, 0.2) is 27.4 Å². The smallest absolute Gasteiger partial charge is 0.208 e. The zero-order chi connectivity index (χ0) is 12.4. The lowest BCUT2D eigenvalue weighted by atomic mass is 9.93. The molecule has 18 heavy (non-hydrogen) atoms. The molecule has 4 nitrogen and oxygen atoms in total. The third-order valence-electron chi connectivity index (χ3n) is 3.50. The standard InChI is InChI=1S/C14H18N2O2/c1-2-10-8-16-14(18-10)9-15-12-4-3-5-13-11(12)6-7-17-13/h6-8,12,15H,2-5,9H2,1H3. The quantitative estimate of drug-likeness (QED) is 0.901. The van der Waals surface area contributed by atoms with Crippen molar-refractivity contribution in [1.29, 1.82) is 0 Å². The van der Waals surface area contributed by atoms with Crippen molar-refractivity contribution in [2.24, 2.45) is 0 Å². The monoisotopic (exact) mass is 246 g/mol. The van der Waals surface area contributed by atoms with Crippen LogP contribution in [0.5, 0.6) is 0 Å². The molecule has 1 unspecified atom stereocenters. The van der Waals surface area contributed by atoms with Gasteiger partial charge in [-0.3, -0.25) is 0 Å². The molecule has 0 bridgehead atoms. The molecular weight excluding hydrogens is 228 g/mol. The van der Waals surface area contributed by atoms with E-state index in [9.17, 15) is 0 Å². The summed E-state index contributed by atoms with van der Waals surface area (Å²) in [6.07, 6.45) is 7.85. The van der Waals surface area contributed by atoms with Crippen molar-refractivity contribution in [2.45, 2.75) is 45.2 Å². The number of furan rings is 1. The van der Waals surface area contributed by atoms with Gasteiger partial charge >= 0.3 is 0 Å². The number of nitrogens with zero attached hydrogens (tertiary/aromatic N) is 1. The highest BCUT2D eigenvalue weighted by Gasteiger charge is 2.22. The van der Waals surface area contributed by atoms with Crippen molar-refractivity contribution in [1.82, 2.24) is 10.3 Å². The second kappa shape index (κ2) is 4.98.